The maximum Gasteiger partial charge on any atom is 0.159 e. The van der Waals surface area contributed by atoms with E-state index in [0.29, 0.717) is 4.90 Å². The Morgan fingerprint density at radius 1 is 1.21 bits per heavy atom. The molecule has 6 heteroatoms. The normalized spacial score (nSPS) is 14.4. The third-order valence-electron chi connectivity index (χ3n) is 2.51. The molecule has 0 aliphatic carbocycles. The molecular formula is C13H12BrF2NS2. The smallest absolute Gasteiger partial charge is 0.159 e. The Labute approximate surface area is 127 Å². The fraction of sp³-hybridized carbons (Fsp3) is 0.231. The summed E-state index contributed by atoms with van der Waals surface area (Å²) >= 11 is 6.46. The highest BCUT2D eigenvalue weighted by Crippen LogP contribution is 2.41. The molecule has 0 amide bonds. The molecule has 2 atom stereocenters. The molecule has 1 nitrogen and oxygen atoms in total. The summed E-state index contributed by atoms with van der Waals surface area (Å²) in [6.45, 7) is 1.91. The number of nitrogens with two attached hydrogens (primary N) is 1. The summed E-state index contributed by atoms with van der Waals surface area (Å²) in [6, 6.07) is 7.78. The Bertz CT molecular complexity index is 572. The molecule has 1 aromatic carbocycles. The molecule has 2 rings (SSSR count). The van der Waals surface area contributed by atoms with Gasteiger partial charge in [0.2, 0.25) is 0 Å². The van der Waals surface area contributed by atoms with E-state index >= 15 is 0 Å². The standard InChI is InChI=1S/C13H12BrF2NS2/c1-7(17)13(11-4-5-12(14)19-11)18-8-2-3-9(15)10(16)6-8/h2-7,13H,17H2,1H3. The van der Waals surface area contributed by atoms with Crippen LogP contribution in [-0.4, -0.2) is 6.04 Å². The molecule has 19 heavy (non-hydrogen) atoms. The molecule has 1 heterocycles. The van der Waals surface area contributed by atoms with Crippen LogP contribution in [0.15, 0.2) is 39.0 Å². The van der Waals surface area contributed by atoms with Gasteiger partial charge in [-0.15, -0.1) is 23.1 Å². The number of halogens is 3. The van der Waals surface area contributed by atoms with Gasteiger partial charge < -0.3 is 5.73 Å². The molecule has 0 aliphatic heterocycles. The molecule has 2 aromatic rings. The van der Waals surface area contributed by atoms with E-state index in [0.717, 1.165) is 14.7 Å². The second kappa shape index (κ2) is 6.35. The molecule has 0 fully saturated rings. The van der Waals surface area contributed by atoms with Crippen LogP contribution in [0.25, 0.3) is 0 Å². The average Bonchev–Trinajstić information content (AvgIpc) is 2.76. The fourth-order valence-electron chi connectivity index (χ4n) is 1.60. The molecule has 0 saturated carbocycles. The minimum Gasteiger partial charge on any atom is -0.327 e. The van der Waals surface area contributed by atoms with Crippen molar-refractivity contribution in [2.75, 3.05) is 0 Å². The quantitative estimate of drug-likeness (QED) is 0.776. The average molecular weight is 364 g/mol. The van der Waals surface area contributed by atoms with E-state index in [1.54, 1.807) is 17.4 Å². The lowest BCUT2D eigenvalue weighted by atomic mass is 10.2. The summed E-state index contributed by atoms with van der Waals surface area (Å²) < 4.78 is 27.1. The van der Waals surface area contributed by atoms with Crippen molar-refractivity contribution in [3.63, 3.8) is 0 Å². The SMILES string of the molecule is CC(N)C(Sc1ccc(F)c(F)c1)c1ccc(Br)s1. The second-order valence-electron chi connectivity index (χ2n) is 4.12. The van der Waals surface area contributed by atoms with Crippen molar-refractivity contribution in [3.05, 3.63) is 50.6 Å². The molecule has 0 bridgehead atoms. The highest BCUT2D eigenvalue weighted by Gasteiger charge is 2.20. The van der Waals surface area contributed by atoms with Crippen molar-refractivity contribution in [1.82, 2.24) is 0 Å². The van der Waals surface area contributed by atoms with Crippen LogP contribution in [0.3, 0.4) is 0 Å². The summed E-state index contributed by atoms with van der Waals surface area (Å²) in [6.07, 6.45) is 0. The van der Waals surface area contributed by atoms with Gasteiger partial charge in [-0.1, -0.05) is 0 Å². The van der Waals surface area contributed by atoms with E-state index in [9.17, 15) is 8.78 Å². The van der Waals surface area contributed by atoms with Crippen molar-refractivity contribution >= 4 is 39.0 Å². The van der Waals surface area contributed by atoms with Crippen LogP contribution in [0.1, 0.15) is 17.1 Å². The molecule has 1 aromatic heterocycles. The first-order valence-corrected chi connectivity index (χ1v) is 8.09. The summed E-state index contributed by atoms with van der Waals surface area (Å²) in [5.74, 6) is -1.67. The Morgan fingerprint density at radius 3 is 2.47 bits per heavy atom. The fourth-order valence-corrected chi connectivity index (χ4v) is 4.43. The number of hydrogen-bond donors (Lipinski definition) is 1. The predicted octanol–water partition coefficient (Wildman–Crippen LogP) is 4.97. The molecule has 2 unspecified atom stereocenters. The lowest BCUT2D eigenvalue weighted by Gasteiger charge is -2.19. The largest absolute Gasteiger partial charge is 0.327 e. The second-order valence-corrected chi connectivity index (χ2v) is 7.82. The Morgan fingerprint density at radius 2 is 1.95 bits per heavy atom. The summed E-state index contributed by atoms with van der Waals surface area (Å²) in [5.41, 5.74) is 6.00. The summed E-state index contributed by atoms with van der Waals surface area (Å²) in [4.78, 5) is 1.78. The third-order valence-corrected chi connectivity index (χ3v) is 5.83. The van der Waals surface area contributed by atoms with Crippen molar-refractivity contribution in [1.29, 1.82) is 0 Å². The number of rotatable bonds is 4. The van der Waals surface area contributed by atoms with E-state index in [-0.39, 0.29) is 11.3 Å². The maximum absolute atomic E-state index is 13.2. The molecule has 2 N–H and O–H groups in total. The minimum atomic E-state index is -0.833. The van der Waals surface area contributed by atoms with Gasteiger partial charge in [-0.05, 0) is 53.2 Å². The Balaban J connectivity index is 2.23. The monoisotopic (exact) mass is 363 g/mol. The zero-order valence-corrected chi connectivity index (χ0v) is 13.3. The van der Waals surface area contributed by atoms with E-state index in [4.69, 9.17) is 5.73 Å². The van der Waals surface area contributed by atoms with Crippen molar-refractivity contribution in [3.8, 4) is 0 Å². The number of thioether (sulfide) groups is 1. The van der Waals surface area contributed by atoms with Crippen LogP contribution in [0.5, 0.6) is 0 Å². The van der Waals surface area contributed by atoms with Crippen LogP contribution in [0, 0.1) is 11.6 Å². The van der Waals surface area contributed by atoms with Crippen LogP contribution >= 0.6 is 39.0 Å². The van der Waals surface area contributed by atoms with Gasteiger partial charge in [-0.25, -0.2) is 8.78 Å². The van der Waals surface area contributed by atoms with Gasteiger partial charge in [-0.3, -0.25) is 0 Å². The van der Waals surface area contributed by atoms with E-state index in [2.05, 4.69) is 15.9 Å². The molecule has 0 saturated heterocycles. The topological polar surface area (TPSA) is 26.0 Å². The van der Waals surface area contributed by atoms with Gasteiger partial charge in [-0.2, -0.15) is 0 Å². The van der Waals surface area contributed by atoms with Crippen molar-refractivity contribution in [2.24, 2.45) is 5.73 Å². The lowest BCUT2D eigenvalue weighted by Crippen LogP contribution is -2.21. The predicted molar refractivity (Wildman–Crippen MR) is 80.6 cm³/mol. The highest BCUT2D eigenvalue weighted by atomic mass is 79.9. The highest BCUT2D eigenvalue weighted by molar-refractivity contribution is 9.11. The molecule has 102 valence electrons. The zero-order valence-electron chi connectivity index (χ0n) is 10.1. The van der Waals surface area contributed by atoms with Gasteiger partial charge >= 0.3 is 0 Å². The number of benzene rings is 1. The Hall–Kier alpha value is -0.430. The zero-order chi connectivity index (χ0) is 14.0. The van der Waals surface area contributed by atoms with Crippen molar-refractivity contribution in [2.45, 2.75) is 23.1 Å². The minimum absolute atomic E-state index is 0.0150. The Kier molecular flexibility index (Phi) is 5.00. The van der Waals surface area contributed by atoms with Crippen LogP contribution in [0.4, 0.5) is 8.78 Å². The van der Waals surface area contributed by atoms with Gasteiger partial charge in [0.05, 0.1) is 9.04 Å². The number of thiophene rings is 1. The summed E-state index contributed by atoms with van der Waals surface area (Å²) in [7, 11) is 0. The van der Waals surface area contributed by atoms with Gasteiger partial charge in [0, 0.05) is 15.8 Å². The van der Waals surface area contributed by atoms with Gasteiger partial charge in [0.15, 0.2) is 11.6 Å². The van der Waals surface area contributed by atoms with Crippen molar-refractivity contribution < 1.29 is 8.78 Å². The molecule has 0 radical (unpaired) electrons. The van der Waals surface area contributed by atoms with Crippen LogP contribution in [-0.2, 0) is 0 Å². The van der Waals surface area contributed by atoms with Crippen LogP contribution < -0.4 is 5.73 Å². The first-order chi connectivity index (χ1) is 8.97. The molecule has 0 aliphatic rings. The van der Waals surface area contributed by atoms with E-state index in [1.807, 2.05) is 19.1 Å². The number of hydrogen-bond acceptors (Lipinski definition) is 3. The van der Waals surface area contributed by atoms with E-state index < -0.39 is 11.6 Å². The third kappa shape index (κ3) is 3.78. The van der Waals surface area contributed by atoms with Gasteiger partial charge in [0.1, 0.15) is 0 Å². The molecular weight excluding hydrogens is 352 g/mol. The first-order valence-electron chi connectivity index (χ1n) is 5.60. The lowest BCUT2D eigenvalue weighted by molar-refractivity contribution is 0.506. The van der Waals surface area contributed by atoms with Gasteiger partial charge in [0.25, 0.3) is 0 Å². The summed E-state index contributed by atoms with van der Waals surface area (Å²) in [5, 5.41) is 0.0150. The molecule has 0 spiro atoms. The van der Waals surface area contributed by atoms with E-state index in [1.165, 1.54) is 17.8 Å². The van der Waals surface area contributed by atoms with Crippen LogP contribution in [0.2, 0.25) is 0 Å². The first kappa shape index (κ1) is 15.0. The maximum atomic E-state index is 13.2.